The maximum Gasteiger partial charge on any atom is 0.416 e. The first kappa shape index (κ1) is 21.5. The number of rotatable bonds is 4. The number of benzene rings is 1. The molecule has 0 aliphatic carbocycles. The van der Waals surface area contributed by atoms with Crippen molar-refractivity contribution in [2.75, 3.05) is 26.7 Å². The molecule has 1 amide bonds. The van der Waals surface area contributed by atoms with Gasteiger partial charge in [0.15, 0.2) is 0 Å². The molecular weight excluding hydrogens is 353 g/mol. The van der Waals surface area contributed by atoms with E-state index in [1.165, 1.54) is 12.1 Å². The van der Waals surface area contributed by atoms with E-state index in [4.69, 9.17) is 0 Å². The van der Waals surface area contributed by atoms with Crippen molar-refractivity contribution in [3.05, 3.63) is 41.5 Å². The number of allylic oxidation sites excluding steroid dienone is 1. The Morgan fingerprint density at radius 2 is 2.12 bits per heavy atom. The second kappa shape index (κ2) is 9.25. The molecule has 2 rings (SSSR count). The molecule has 1 unspecified atom stereocenters. The molecule has 0 radical (unpaired) electrons. The lowest BCUT2D eigenvalue weighted by atomic mass is 9.97. The lowest BCUT2D eigenvalue weighted by molar-refractivity contribution is -0.137. The topological polar surface area (TPSA) is 32.3 Å². The van der Waals surface area contributed by atoms with Crippen LogP contribution in [-0.2, 0) is 11.0 Å². The number of carbonyl (C=O) groups is 1. The van der Waals surface area contributed by atoms with Crippen LogP contribution in [0, 0.1) is 5.92 Å². The third-order valence-corrected chi connectivity index (χ3v) is 4.31. The van der Waals surface area contributed by atoms with Gasteiger partial charge in [-0.3, -0.25) is 4.79 Å². The highest BCUT2D eigenvalue weighted by molar-refractivity contribution is 5.95. The van der Waals surface area contributed by atoms with E-state index < -0.39 is 11.7 Å². The van der Waals surface area contributed by atoms with Crippen LogP contribution in [0.1, 0.15) is 30.9 Å². The van der Waals surface area contributed by atoms with Crippen LogP contribution in [-0.4, -0.2) is 37.5 Å². The highest BCUT2D eigenvalue weighted by atomic mass is 35.5. The van der Waals surface area contributed by atoms with Crippen molar-refractivity contribution < 1.29 is 18.0 Å². The molecule has 0 bridgehead atoms. The van der Waals surface area contributed by atoms with Crippen LogP contribution < -0.4 is 5.32 Å². The molecule has 140 valence electrons. The van der Waals surface area contributed by atoms with E-state index in [0.29, 0.717) is 30.1 Å². The van der Waals surface area contributed by atoms with E-state index in [-0.39, 0.29) is 18.3 Å². The van der Waals surface area contributed by atoms with Gasteiger partial charge in [-0.05, 0) is 62.5 Å². The zero-order valence-corrected chi connectivity index (χ0v) is 15.2. The number of hydrogen-bond donors (Lipinski definition) is 1. The Morgan fingerprint density at radius 1 is 1.40 bits per heavy atom. The maximum atomic E-state index is 12.8. The maximum absolute atomic E-state index is 12.8. The second-order valence-corrected chi connectivity index (χ2v) is 6.26. The number of nitrogens with one attached hydrogen (secondary N) is 1. The predicted molar refractivity (Wildman–Crippen MR) is 95.6 cm³/mol. The molecule has 0 aromatic heterocycles. The quantitative estimate of drug-likeness (QED) is 0.806. The molecule has 3 nitrogen and oxygen atoms in total. The number of hydrogen-bond acceptors (Lipinski definition) is 2. The molecule has 1 N–H and O–H groups in total. The molecule has 0 saturated carbocycles. The third kappa shape index (κ3) is 6.04. The lowest BCUT2D eigenvalue weighted by Crippen LogP contribution is -2.41. The molecule has 1 aliphatic rings. The Balaban J connectivity index is 0.00000312. The number of halogens is 4. The predicted octanol–water partition coefficient (Wildman–Crippen LogP) is 3.99. The van der Waals surface area contributed by atoms with Crippen molar-refractivity contribution in [2.45, 2.75) is 25.9 Å². The van der Waals surface area contributed by atoms with Crippen molar-refractivity contribution in [1.29, 1.82) is 0 Å². The molecule has 1 saturated heterocycles. The molecule has 1 aromatic rings. The Morgan fingerprint density at radius 3 is 2.76 bits per heavy atom. The molecule has 1 aromatic carbocycles. The fraction of sp³-hybridized carbons (Fsp3) is 0.500. The first-order chi connectivity index (χ1) is 11.3. The van der Waals surface area contributed by atoms with Gasteiger partial charge in [-0.1, -0.05) is 12.1 Å². The first-order valence-electron chi connectivity index (χ1n) is 8.10. The third-order valence-electron chi connectivity index (χ3n) is 4.31. The van der Waals surface area contributed by atoms with Gasteiger partial charge in [0.25, 0.3) is 0 Å². The van der Waals surface area contributed by atoms with Crippen LogP contribution in [0.4, 0.5) is 13.2 Å². The fourth-order valence-electron chi connectivity index (χ4n) is 3.02. The summed E-state index contributed by atoms with van der Waals surface area (Å²) in [7, 11) is 1.89. The summed E-state index contributed by atoms with van der Waals surface area (Å²) in [6, 6.07) is 5.07. The number of amides is 1. The van der Waals surface area contributed by atoms with Gasteiger partial charge in [0.2, 0.25) is 5.91 Å². The minimum absolute atomic E-state index is 0. The van der Waals surface area contributed by atoms with Gasteiger partial charge in [0.1, 0.15) is 0 Å². The highest BCUT2D eigenvalue weighted by Crippen LogP contribution is 2.31. The van der Waals surface area contributed by atoms with Gasteiger partial charge in [0, 0.05) is 19.2 Å². The Bertz CT molecular complexity index is 615. The van der Waals surface area contributed by atoms with Crippen molar-refractivity contribution >= 4 is 23.9 Å². The molecule has 1 heterocycles. The number of carbonyl (C=O) groups excluding carboxylic acids is 1. The molecule has 1 fully saturated rings. The number of likely N-dealkylation sites (tertiary alicyclic amines) is 1. The SMILES string of the molecule is CNCC1CCCN(C(=O)C=C(C)c2cccc(C(F)(F)F)c2)C1.Cl. The molecule has 0 spiro atoms. The van der Waals surface area contributed by atoms with Crippen LogP contribution >= 0.6 is 12.4 Å². The molecule has 25 heavy (non-hydrogen) atoms. The zero-order valence-electron chi connectivity index (χ0n) is 14.4. The summed E-state index contributed by atoms with van der Waals surface area (Å²) in [5.41, 5.74) is 0.260. The average Bonchev–Trinajstić information content (AvgIpc) is 2.54. The van der Waals surface area contributed by atoms with E-state index in [9.17, 15) is 18.0 Å². The summed E-state index contributed by atoms with van der Waals surface area (Å²) in [6.07, 6.45) is -0.903. The van der Waals surface area contributed by atoms with E-state index in [0.717, 1.165) is 31.5 Å². The van der Waals surface area contributed by atoms with Crippen molar-refractivity contribution in [2.24, 2.45) is 5.92 Å². The Labute approximate surface area is 152 Å². The average molecular weight is 377 g/mol. The van der Waals surface area contributed by atoms with Crippen molar-refractivity contribution in [3.63, 3.8) is 0 Å². The van der Waals surface area contributed by atoms with Crippen LogP contribution in [0.25, 0.3) is 5.57 Å². The summed E-state index contributed by atoms with van der Waals surface area (Å²) in [5, 5.41) is 3.12. The van der Waals surface area contributed by atoms with Gasteiger partial charge in [-0.15, -0.1) is 12.4 Å². The summed E-state index contributed by atoms with van der Waals surface area (Å²) in [4.78, 5) is 14.2. The van der Waals surface area contributed by atoms with Gasteiger partial charge in [0.05, 0.1) is 5.56 Å². The van der Waals surface area contributed by atoms with Gasteiger partial charge in [-0.25, -0.2) is 0 Å². The van der Waals surface area contributed by atoms with Crippen molar-refractivity contribution in [1.82, 2.24) is 10.2 Å². The van der Waals surface area contributed by atoms with E-state index in [1.54, 1.807) is 17.9 Å². The van der Waals surface area contributed by atoms with Crippen LogP contribution in [0.2, 0.25) is 0 Å². The Kier molecular flexibility index (Phi) is 7.96. The zero-order chi connectivity index (χ0) is 17.7. The normalized spacial score (nSPS) is 18.7. The van der Waals surface area contributed by atoms with Gasteiger partial charge < -0.3 is 10.2 Å². The number of piperidine rings is 1. The minimum atomic E-state index is -4.38. The fourth-order valence-corrected chi connectivity index (χ4v) is 3.02. The van der Waals surface area contributed by atoms with Crippen LogP contribution in [0.3, 0.4) is 0 Å². The monoisotopic (exact) mass is 376 g/mol. The van der Waals surface area contributed by atoms with Gasteiger partial charge in [-0.2, -0.15) is 13.2 Å². The largest absolute Gasteiger partial charge is 0.416 e. The van der Waals surface area contributed by atoms with Crippen molar-refractivity contribution in [3.8, 4) is 0 Å². The summed E-state index contributed by atoms with van der Waals surface area (Å²) >= 11 is 0. The van der Waals surface area contributed by atoms with Crippen LogP contribution in [0.15, 0.2) is 30.3 Å². The summed E-state index contributed by atoms with van der Waals surface area (Å²) < 4.78 is 38.4. The minimum Gasteiger partial charge on any atom is -0.339 e. The highest BCUT2D eigenvalue weighted by Gasteiger charge is 2.30. The van der Waals surface area contributed by atoms with E-state index in [2.05, 4.69) is 5.32 Å². The standard InChI is InChI=1S/C18H23F3N2O.ClH/c1-13(15-6-3-7-16(10-15)18(19,20)21)9-17(24)23-8-4-5-14(12-23)11-22-2;/h3,6-7,9-10,14,22H,4-5,8,11-12H2,1-2H3;1H. The van der Waals surface area contributed by atoms with Gasteiger partial charge >= 0.3 is 6.18 Å². The second-order valence-electron chi connectivity index (χ2n) is 6.26. The molecular formula is C18H24ClF3N2O. The molecule has 1 aliphatic heterocycles. The summed E-state index contributed by atoms with van der Waals surface area (Å²) in [5.74, 6) is 0.292. The number of alkyl halides is 3. The Hall–Kier alpha value is -1.53. The number of nitrogens with zero attached hydrogens (tertiary/aromatic N) is 1. The van der Waals surface area contributed by atoms with E-state index >= 15 is 0 Å². The first-order valence-corrected chi connectivity index (χ1v) is 8.10. The smallest absolute Gasteiger partial charge is 0.339 e. The van der Waals surface area contributed by atoms with E-state index in [1.807, 2.05) is 7.05 Å². The lowest BCUT2D eigenvalue weighted by Gasteiger charge is -2.32. The molecule has 1 atom stereocenters. The summed E-state index contributed by atoms with van der Waals surface area (Å²) in [6.45, 7) is 3.92. The van der Waals surface area contributed by atoms with Crippen LogP contribution in [0.5, 0.6) is 0 Å². The molecule has 7 heteroatoms.